The van der Waals surface area contributed by atoms with Crippen LogP contribution in [0.1, 0.15) is 31.4 Å². The maximum Gasteiger partial charge on any atom is 0.201 e. The van der Waals surface area contributed by atoms with Gasteiger partial charge in [-0.05, 0) is 19.8 Å². The van der Waals surface area contributed by atoms with Crippen molar-refractivity contribution < 1.29 is 12.8 Å². The third-order valence-electron chi connectivity index (χ3n) is 2.99. The molecule has 0 spiro atoms. The van der Waals surface area contributed by atoms with E-state index in [0.29, 0.717) is 18.1 Å². The molecule has 6 heteroatoms. The average molecular weight is 244 g/mol. The van der Waals surface area contributed by atoms with Gasteiger partial charge in [0.2, 0.25) is 5.89 Å². The minimum Gasteiger partial charge on any atom is -0.444 e. The first kappa shape index (κ1) is 11.6. The van der Waals surface area contributed by atoms with Gasteiger partial charge in [0.1, 0.15) is 5.76 Å². The maximum atomic E-state index is 11.6. The Kier molecular flexibility index (Phi) is 2.79. The summed E-state index contributed by atoms with van der Waals surface area (Å²) < 4.78 is 28.7. The van der Waals surface area contributed by atoms with E-state index in [-0.39, 0.29) is 18.1 Å². The van der Waals surface area contributed by atoms with E-state index < -0.39 is 15.3 Å². The van der Waals surface area contributed by atoms with Gasteiger partial charge in [0, 0.05) is 0 Å². The van der Waals surface area contributed by atoms with Crippen molar-refractivity contribution in [2.24, 2.45) is 5.73 Å². The lowest BCUT2D eigenvalue weighted by Gasteiger charge is -2.29. The zero-order valence-electron chi connectivity index (χ0n) is 9.27. The second-order valence-corrected chi connectivity index (χ2v) is 6.78. The molecule has 1 fully saturated rings. The van der Waals surface area contributed by atoms with Crippen molar-refractivity contribution in [2.75, 3.05) is 11.5 Å². The first-order chi connectivity index (χ1) is 7.45. The molecular weight excluding hydrogens is 228 g/mol. The van der Waals surface area contributed by atoms with Crippen molar-refractivity contribution in [2.45, 2.75) is 31.7 Å². The molecule has 0 aliphatic carbocycles. The molecule has 1 unspecified atom stereocenters. The monoisotopic (exact) mass is 244 g/mol. The second-order valence-electron chi connectivity index (χ2n) is 4.59. The SMILES string of the molecule is CC1(c2ncc(CN)o2)CCCS(=O)(=O)C1. The molecule has 0 radical (unpaired) electrons. The molecule has 0 bridgehead atoms. The Labute approximate surface area is 95.0 Å². The van der Waals surface area contributed by atoms with Gasteiger partial charge in [-0.3, -0.25) is 0 Å². The van der Waals surface area contributed by atoms with Crippen molar-refractivity contribution in [3.63, 3.8) is 0 Å². The highest BCUT2D eigenvalue weighted by Crippen LogP contribution is 2.34. The predicted octanol–water partition coefficient (Wildman–Crippen LogP) is 0.600. The number of nitrogens with zero attached hydrogens (tertiary/aromatic N) is 1. The van der Waals surface area contributed by atoms with E-state index in [1.807, 2.05) is 6.92 Å². The summed E-state index contributed by atoms with van der Waals surface area (Å²) in [5, 5.41) is 0. The largest absolute Gasteiger partial charge is 0.444 e. The fourth-order valence-electron chi connectivity index (χ4n) is 2.16. The van der Waals surface area contributed by atoms with Crippen molar-refractivity contribution >= 4 is 9.84 Å². The van der Waals surface area contributed by atoms with Gasteiger partial charge >= 0.3 is 0 Å². The smallest absolute Gasteiger partial charge is 0.201 e. The summed E-state index contributed by atoms with van der Waals surface area (Å²) in [5.41, 5.74) is 4.94. The molecule has 2 N–H and O–H groups in total. The highest BCUT2D eigenvalue weighted by molar-refractivity contribution is 7.91. The summed E-state index contributed by atoms with van der Waals surface area (Å²) in [6, 6.07) is 0. The standard InChI is InChI=1S/C10H16N2O3S/c1-10(3-2-4-16(13,14)7-10)9-12-6-8(5-11)15-9/h6H,2-5,7,11H2,1H3. The van der Waals surface area contributed by atoms with E-state index in [1.165, 1.54) is 0 Å². The van der Waals surface area contributed by atoms with E-state index in [4.69, 9.17) is 10.2 Å². The Hall–Kier alpha value is -0.880. The van der Waals surface area contributed by atoms with Crippen LogP contribution in [0.5, 0.6) is 0 Å². The van der Waals surface area contributed by atoms with Crippen LogP contribution < -0.4 is 5.73 Å². The van der Waals surface area contributed by atoms with Crippen molar-refractivity contribution in [1.29, 1.82) is 0 Å². The lowest BCUT2D eigenvalue weighted by molar-refractivity contribution is 0.327. The van der Waals surface area contributed by atoms with Crippen molar-refractivity contribution in [1.82, 2.24) is 4.98 Å². The Morgan fingerprint density at radius 2 is 2.38 bits per heavy atom. The number of sulfone groups is 1. The van der Waals surface area contributed by atoms with Gasteiger partial charge in [-0.15, -0.1) is 0 Å². The van der Waals surface area contributed by atoms with Gasteiger partial charge in [0.25, 0.3) is 0 Å². The van der Waals surface area contributed by atoms with Crippen LogP contribution in [0.2, 0.25) is 0 Å². The third-order valence-corrected chi connectivity index (χ3v) is 4.98. The molecular formula is C10H16N2O3S. The van der Waals surface area contributed by atoms with Gasteiger partial charge in [-0.2, -0.15) is 0 Å². The molecule has 1 saturated heterocycles. The summed E-state index contributed by atoms with van der Waals surface area (Å²) >= 11 is 0. The van der Waals surface area contributed by atoms with Crippen LogP contribution in [0.15, 0.2) is 10.6 Å². The van der Waals surface area contributed by atoms with E-state index in [2.05, 4.69) is 4.98 Å². The lowest BCUT2D eigenvalue weighted by atomic mass is 9.87. The Morgan fingerprint density at radius 3 is 2.94 bits per heavy atom. The summed E-state index contributed by atoms with van der Waals surface area (Å²) in [5.74, 6) is 1.48. The normalized spacial score (nSPS) is 29.1. The average Bonchev–Trinajstić information content (AvgIpc) is 2.64. The minimum absolute atomic E-state index is 0.116. The number of rotatable bonds is 2. The molecule has 2 rings (SSSR count). The molecule has 1 aliphatic heterocycles. The van der Waals surface area contributed by atoms with Gasteiger partial charge in [0.15, 0.2) is 9.84 Å². The van der Waals surface area contributed by atoms with E-state index >= 15 is 0 Å². The van der Waals surface area contributed by atoms with Crippen LogP contribution in [-0.4, -0.2) is 24.9 Å². The second kappa shape index (κ2) is 3.85. The summed E-state index contributed by atoms with van der Waals surface area (Å²) in [6.45, 7) is 2.17. The van der Waals surface area contributed by atoms with E-state index in [0.717, 1.165) is 6.42 Å². The molecule has 0 amide bonds. The summed E-state index contributed by atoms with van der Waals surface area (Å²) in [4.78, 5) is 4.14. The van der Waals surface area contributed by atoms with Gasteiger partial charge in [0.05, 0.1) is 29.7 Å². The number of oxazole rings is 1. The fraction of sp³-hybridized carbons (Fsp3) is 0.700. The number of nitrogens with two attached hydrogens (primary N) is 1. The van der Waals surface area contributed by atoms with Crippen LogP contribution in [-0.2, 0) is 21.8 Å². The molecule has 1 aliphatic rings. The van der Waals surface area contributed by atoms with Crippen LogP contribution >= 0.6 is 0 Å². The quantitative estimate of drug-likeness (QED) is 0.823. The Morgan fingerprint density at radius 1 is 1.62 bits per heavy atom. The van der Waals surface area contributed by atoms with Crippen LogP contribution in [0, 0.1) is 0 Å². The Balaban J connectivity index is 2.31. The van der Waals surface area contributed by atoms with Crippen LogP contribution in [0.25, 0.3) is 0 Å². The molecule has 1 aromatic rings. The van der Waals surface area contributed by atoms with Gasteiger partial charge in [-0.1, -0.05) is 0 Å². The molecule has 1 aromatic heterocycles. The molecule has 1 atom stereocenters. The molecule has 90 valence electrons. The molecule has 5 nitrogen and oxygen atoms in total. The highest BCUT2D eigenvalue weighted by Gasteiger charge is 2.40. The highest BCUT2D eigenvalue weighted by atomic mass is 32.2. The first-order valence-electron chi connectivity index (χ1n) is 5.31. The predicted molar refractivity (Wildman–Crippen MR) is 59.6 cm³/mol. The number of aromatic nitrogens is 1. The van der Waals surface area contributed by atoms with E-state index in [9.17, 15) is 8.42 Å². The molecule has 0 saturated carbocycles. The topological polar surface area (TPSA) is 86.2 Å². The Bertz CT molecular complexity index is 480. The molecule has 16 heavy (non-hydrogen) atoms. The zero-order valence-corrected chi connectivity index (χ0v) is 10.1. The maximum absolute atomic E-state index is 11.6. The third kappa shape index (κ3) is 2.12. The number of hydrogen-bond acceptors (Lipinski definition) is 5. The van der Waals surface area contributed by atoms with Gasteiger partial charge in [-0.25, -0.2) is 13.4 Å². The van der Waals surface area contributed by atoms with Gasteiger partial charge < -0.3 is 10.2 Å². The van der Waals surface area contributed by atoms with Crippen LogP contribution in [0.4, 0.5) is 0 Å². The van der Waals surface area contributed by atoms with Crippen LogP contribution in [0.3, 0.4) is 0 Å². The summed E-state index contributed by atoms with van der Waals surface area (Å²) in [6.07, 6.45) is 3.03. The van der Waals surface area contributed by atoms with E-state index in [1.54, 1.807) is 6.20 Å². The van der Waals surface area contributed by atoms with Crippen molar-refractivity contribution in [3.8, 4) is 0 Å². The first-order valence-corrected chi connectivity index (χ1v) is 7.13. The molecule has 0 aromatic carbocycles. The molecule has 2 heterocycles. The lowest BCUT2D eigenvalue weighted by Crippen LogP contribution is -2.37. The van der Waals surface area contributed by atoms with Crippen molar-refractivity contribution in [3.05, 3.63) is 17.8 Å². The fourth-order valence-corrected chi connectivity index (χ4v) is 4.13. The minimum atomic E-state index is -2.97. The summed E-state index contributed by atoms with van der Waals surface area (Å²) in [7, 11) is -2.97. The number of hydrogen-bond donors (Lipinski definition) is 1. The zero-order chi connectivity index (χ0) is 11.8.